The molecule has 0 saturated carbocycles. The van der Waals surface area contributed by atoms with E-state index in [4.69, 9.17) is 4.52 Å². The summed E-state index contributed by atoms with van der Waals surface area (Å²) in [5.41, 5.74) is 1.57. The number of hydrogen-bond donors (Lipinski definition) is 3. The van der Waals surface area contributed by atoms with Crippen molar-refractivity contribution in [2.45, 2.75) is 26.4 Å². The fourth-order valence-electron chi connectivity index (χ4n) is 1.95. The molecule has 1 aromatic carbocycles. The number of urea groups is 1. The molecule has 0 unspecified atom stereocenters. The summed E-state index contributed by atoms with van der Waals surface area (Å²) < 4.78 is 5.26. The maximum absolute atomic E-state index is 11.8. The van der Waals surface area contributed by atoms with Gasteiger partial charge in [-0.25, -0.2) is 4.79 Å². The summed E-state index contributed by atoms with van der Waals surface area (Å²) in [5.74, 6) is 0.820. The lowest BCUT2D eigenvalue weighted by molar-refractivity contribution is 0.198. The lowest BCUT2D eigenvalue weighted by Gasteiger charge is -2.19. The molecule has 2 aromatic rings. The van der Waals surface area contributed by atoms with E-state index in [0.29, 0.717) is 11.5 Å². The van der Waals surface area contributed by atoms with Gasteiger partial charge >= 0.3 is 6.03 Å². The van der Waals surface area contributed by atoms with E-state index in [1.54, 1.807) is 6.07 Å². The zero-order chi connectivity index (χ0) is 15.9. The van der Waals surface area contributed by atoms with Crippen molar-refractivity contribution in [2.24, 2.45) is 5.92 Å². The quantitative estimate of drug-likeness (QED) is 0.763. The normalized spacial score (nSPS) is 12.2. The van der Waals surface area contributed by atoms with Crippen LogP contribution in [0.2, 0.25) is 0 Å². The molecule has 0 radical (unpaired) electrons. The van der Waals surface area contributed by atoms with E-state index in [1.807, 2.05) is 44.2 Å². The largest absolute Gasteiger partial charge is 0.394 e. The van der Waals surface area contributed by atoms with E-state index in [-0.39, 0.29) is 31.1 Å². The molecule has 0 aliphatic heterocycles. The van der Waals surface area contributed by atoms with Crippen LogP contribution in [0.3, 0.4) is 0 Å². The molecule has 0 aliphatic rings. The predicted molar refractivity (Wildman–Crippen MR) is 83.0 cm³/mol. The highest BCUT2D eigenvalue weighted by atomic mass is 16.5. The second-order valence-corrected chi connectivity index (χ2v) is 5.41. The molecule has 6 heteroatoms. The van der Waals surface area contributed by atoms with Crippen LogP contribution < -0.4 is 10.6 Å². The average molecular weight is 303 g/mol. The number of nitrogens with one attached hydrogen (secondary N) is 2. The highest BCUT2D eigenvalue weighted by molar-refractivity contribution is 5.74. The molecular weight excluding hydrogens is 282 g/mol. The molecule has 0 saturated heterocycles. The van der Waals surface area contributed by atoms with Crippen LogP contribution in [0.1, 0.15) is 19.5 Å². The Hall–Kier alpha value is -2.34. The fraction of sp³-hybridized carbons (Fsp3) is 0.375. The SMILES string of the molecule is CC(C)[C@@H](CO)NC(=O)NCc1cc(-c2ccccc2)on1. The highest BCUT2D eigenvalue weighted by Gasteiger charge is 2.15. The van der Waals surface area contributed by atoms with E-state index in [2.05, 4.69) is 15.8 Å². The number of rotatable bonds is 6. The minimum Gasteiger partial charge on any atom is -0.394 e. The third kappa shape index (κ3) is 4.33. The predicted octanol–water partition coefficient (Wildman–Crippen LogP) is 2.16. The number of hydrogen-bond acceptors (Lipinski definition) is 4. The highest BCUT2D eigenvalue weighted by Crippen LogP contribution is 2.19. The Labute approximate surface area is 129 Å². The molecule has 0 bridgehead atoms. The molecule has 22 heavy (non-hydrogen) atoms. The van der Waals surface area contributed by atoms with E-state index < -0.39 is 0 Å². The van der Waals surface area contributed by atoms with Gasteiger partial charge in [-0.05, 0) is 5.92 Å². The molecular formula is C16H21N3O3. The summed E-state index contributed by atoms with van der Waals surface area (Å²) in [5, 5.41) is 18.5. The van der Waals surface area contributed by atoms with Gasteiger partial charge < -0.3 is 20.3 Å². The molecule has 2 rings (SSSR count). The minimum absolute atomic E-state index is 0.0901. The van der Waals surface area contributed by atoms with Crippen LogP contribution in [-0.4, -0.2) is 28.9 Å². The summed E-state index contributed by atoms with van der Waals surface area (Å²) >= 11 is 0. The summed E-state index contributed by atoms with van der Waals surface area (Å²) in [6, 6.07) is 10.8. The Morgan fingerprint density at radius 2 is 2.05 bits per heavy atom. The van der Waals surface area contributed by atoms with E-state index in [0.717, 1.165) is 5.56 Å². The van der Waals surface area contributed by atoms with Crippen molar-refractivity contribution >= 4 is 6.03 Å². The van der Waals surface area contributed by atoms with Gasteiger partial charge in [0.05, 0.1) is 19.2 Å². The van der Waals surface area contributed by atoms with Crippen LogP contribution in [0, 0.1) is 5.92 Å². The molecule has 0 spiro atoms. The minimum atomic E-state index is -0.336. The number of aliphatic hydroxyl groups excluding tert-OH is 1. The number of aliphatic hydroxyl groups is 1. The van der Waals surface area contributed by atoms with Crippen molar-refractivity contribution in [1.29, 1.82) is 0 Å². The molecule has 1 atom stereocenters. The van der Waals surface area contributed by atoms with Gasteiger partial charge in [0.2, 0.25) is 0 Å². The van der Waals surface area contributed by atoms with Crippen LogP contribution >= 0.6 is 0 Å². The van der Waals surface area contributed by atoms with Crippen molar-refractivity contribution in [2.75, 3.05) is 6.61 Å². The van der Waals surface area contributed by atoms with Crippen molar-refractivity contribution in [1.82, 2.24) is 15.8 Å². The third-order valence-electron chi connectivity index (χ3n) is 3.37. The summed E-state index contributed by atoms with van der Waals surface area (Å²) in [7, 11) is 0. The van der Waals surface area contributed by atoms with Gasteiger partial charge in [-0.2, -0.15) is 0 Å². The van der Waals surface area contributed by atoms with E-state index in [1.165, 1.54) is 0 Å². The van der Waals surface area contributed by atoms with Crippen molar-refractivity contribution < 1.29 is 14.4 Å². The first-order valence-corrected chi connectivity index (χ1v) is 7.26. The molecule has 2 amide bonds. The number of carbonyl (C=O) groups is 1. The first kappa shape index (κ1) is 16.0. The van der Waals surface area contributed by atoms with Crippen LogP contribution in [-0.2, 0) is 6.54 Å². The van der Waals surface area contributed by atoms with Crippen molar-refractivity contribution in [3.05, 3.63) is 42.1 Å². The second kappa shape index (κ2) is 7.61. The Balaban J connectivity index is 1.87. The van der Waals surface area contributed by atoms with Crippen LogP contribution in [0.5, 0.6) is 0 Å². The van der Waals surface area contributed by atoms with E-state index in [9.17, 15) is 9.90 Å². The van der Waals surface area contributed by atoms with Gasteiger partial charge in [-0.3, -0.25) is 0 Å². The maximum atomic E-state index is 11.8. The monoisotopic (exact) mass is 303 g/mol. The summed E-state index contributed by atoms with van der Waals surface area (Å²) in [6.07, 6.45) is 0. The molecule has 1 heterocycles. The fourth-order valence-corrected chi connectivity index (χ4v) is 1.95. The first-order valence-electron chi connectivity index (χ1n) is 7.26. The van der Waals surface area contributed by atoms with Gasteiger partial charge in [-0.1, -0.05) is 49.3 Å². The van der Waals surface area contributed by atoms with Crippen molar-refractivity contribution in [3.8, 4) is 11.3 Å². The number of nitrogens with zero attached hydrogens (tertiary/aromatic N) is 1. The van der Waals surface area contributed by atoms with Crippen molar-refractivity contribution in [3.63, 3.8) is 0 Å². The molecule has 3 N–H and O–H groups in total. The second-order valence-electron chi connectivity index (χ2n) is 5.41. The summed E-state index contributed by atoms with van der Waals surface area (Å²) in [4.78, 5) is 11.8. The molecule has 118 valence electrons. The molecule has 0 fully saturated rings. The number of amides is 2. The first-order chi connectivity index (χ1) is 10.6. The Kier molecular flexibility index (Phi) is 5.55. The summed E-state index contributed by atoms with van der Waals surface area (Å²) in [6.45, 7) is 4.04. The lowest BCUT2D eigenvalue weighted by atomic mass is 10.1. The molecule has 1 aromatic heterocycles. The van der Waals surface area contributed by atoms with Gasteiger partial charge in [0.25, 0.3) is 0 Å². The van der Waals surface area contributed by atoms with Gasteiger partial charge in [0.15, 0.2) is 5.76 Å². The molecule has 6 nitrogen and oxygen atoms in total. The number of aromatic nitrogens is 1. The smallest absolute Gasteiger partial charge is 0.315 e. The Bertz CT molecular complexity index is 596. The number of benzene rings is 1. The Morgan fingerprint density at radius 3 is 2.68 bits per heavy atom. The maximum Gasteiger partial charge on any atom is 0.315 e. The number of carbonyl (C=O) groups excluding carboxylic acids is 1. The Morgan fingerprint density at radius 1 is 1.32 bits per heavy atom. The average Bonchev–Trinajstić information content (AvgIpc) is 3.00. The topological polar surface area (TPSA) is 87.4 Å². The zero-order valence-electron chi connectivity index (χ0n) is 12.7. The van der Waals surface area contributed by atoms with Gasteiger partial charge in [0, 0.05) is 11.6 Å². The lowest BCUT2D eigenvalue weighted by Crippen LogP contribution is -2.46. The molecule has 0 aliphatic carbocycles. The third-order valence-corrected chi connectivity index (χ3v) is 3.37. The van der Waals surface area contributed by atoms with Gasteiger partial charge in [-0.15, -0.1) is 0 Å². The standard InChI is InChI=1S/C16H21N3O3/c1-11(2)14(10-20)18-16(21)17-9-13-8-15(22-19-13)12-6-4-3-5-7-12/h3-8,11,14,20H,9-10H2,1-2H3,(H2,17,18,21)/t14-/m1/s1. The zero-order valence-corrected chi connectivity index (χ0v) is 12.7. The van der Waals surface area contributed by atoms with Gasteiger partial charge in [0.1, 0.15) is 5.69 Å². The van der Waals surface area contributed by atoms with Crippen LogP contribution in [0.4, 0.5) is 4.79 Å². The van der Waals surface area contributed by atoms with Crippen LogP contribution in [0.25, 0.3) is 11.3 Å². The van der Waals surface area contributed by atoms with E-state index >= 15 is 0 Å². The van der Waals surface area contributed by atoms with Crippen LogP contribution in [0.15, 0.2) is 40.9 Å².